The average Bonchev–Trinajstić information content (AvgIpc) is 2.18. The summed E-state index contributed by atoms with van der Waals surface area (Å²) in [4.78, 5) is 10.7. The number of benzene rings is 1. The minimum Gasteiger partial charge on any atom is -0.284 e. The Morgan fingerprint density at radius 1 is 1.33 bits per heavy atom. The van der Waals surface area contributed by atoms with Gasteiger partial charge in [0.25, 0.3) is 5.24 Å². The summed E-state index contributed by atoms with van der Waals surface area (Å²) in [6, 6.07) is 5.90. The second-order valence-corrected chi connectivity index (χ2v) is 5.21. The highest BCUT2D eigenvalue weighted by Crippen LogP contribution is 2.12. The number of hydrogen-bond acceptors (Lipinski definition) is 3. The molecule has 0 aliphatic carbocycles. The molecule has 0 fully saturated rings. The highest BCUT2D eigenvalue weighted by molar-refractivity contribution is 7.92. The van der Waals surface area contributed by atoms with E-state index in [-0.39, 0.29) is 5.75 Å². The van der Waals surface area contributed by atoms with Gasteiger partial charge in [0.05, 0.1) is 5.75 Å². The smallest absolute Gasteiger partial charge is 0.252 e. The van der Waals surface area contributed by atoms with Crippen LogP contribution in [0.5, 0.6) is 0 Å². The van der Waals surface area contributed by atoms with E-state index in [1.54, 1.807) is 6.92 Å². The summed E-state index contributed by atoms with van der Waals surface area (Å²) < 4.78 is 24.7. The van der Waals surface area contributed by atoms with Crippen LogP contribution >= 0.6 is 11.6 Å². The van der Waals surface area contributed by atoms with Crippen molar-refractivity contribution in [3.05, 3.63) is 29.8 Å². The highest BCUT2D eigenvalue weighted by atomic mass is 35.5. The lowest BCUT2D eigenvalue weighted by molar-refractivity contribution is 0.108. The molecule has 1 N–H and O–H groups in total. The van der Waals surface area contributed by atoms with Gasteiger partial charge < -0.3 is 0 Å². The van der Waals surface area contributed by atoms with Gasteiger partial charge in [-0.2, -0.15) is 0 Å². The molecule has 82 valence electrons. The van der Waals surface area contributed by atoms with Gasteiger partial charge in [0.1, 0.15) is 0 Å². The Bertz CT molecular complexity index is 453. The Kier molecular flexibility index (Phi) is 3.71. The summed E-state index contributed by atoms with van der Waals surface area (Å²) in [6.45, 7) is 1.54. The van der Waals surface area contributed by atoms with Crippen LogP contribution in [0.4, 0.5) is 5.69 Å². The molecule has 0 aromatic heterocycles. The average molecular weight is 248 g/mol. The second kappa shape index (κ2) is 4.63. The van der Waals surface area contributed by atoms with Crippen molar-refractivity contribution in [1.82, 2.24) is 0 Å². The van der Waals surface area contributed by atoms with E-state index in [9.17, 15) is 13.2 Å². The van der Waals surface area contributed by atoms with Crippen LogP contribution in [0.15, 0.2) is 24.3 Å². The van der Waals surface area contributed by atoms with Crippen LogP contribution < -0.4 is 4.72 Å². The van der Waals surface area contributed by atoms with Crippen LogP contribution in [0.1, 0.15) is 17.3 Å². The van der Waals surface area contributed by atoms with Crippen molar-refractivity contribution in [2.24, 2.45) is 0 Å². The van der Waals surface area contributed by atoms with Crippen LogP contribution in [0.2, 0.25) is 0 Å². The zero-order valence-corrected chi connectivity index (χ0v) is 9.60. The van der Waals surface area contributed by atoms with Gasteiger partial charge in [-0.3, -0.25) is 9.52 Å². The molecule has 0 heterocycles. The van der Waals surface area contributed by atoms with Crippen molar-refractivity contribution in [1.29, 1.82) is 0 Å². The van der Waals surface area contributed by atoms with E-state index in [2.05, 4.69) is 4.72 Å². The van der Waals surface area contributed by atoms with E-state index < -0.39 is 15.3 Å². The molecule has 0 spiro atoms. The van der Waals surface area contributed by atoms with E-state index in [1.807, 2.05) is 0 Å². The molecule has 0 atom stereocenters. The van der Waals surface area contributed by atoms with E-state index in [0.717, 1.165) is 0 Å². The van der Waals surface area contributed by atoms with Gasteiger partial charge in [0.2, 0.25) is 10.0 Å². The fourth-order valence-electron chi connectivity index (χ4n) is 0.921. The number of carbonyl (C=O) groups excluding carboxylic acids is 1. The zero-order chi connectivity index (χ0) is 11.5. The van der Waals surface area contributed by atoms with E-state index in [1.165, 1.54) is 24.3 Å². The predicted octanol–water partition coefficient (Wildman–Crippen LogP) is 1.83. The number of halogens is 1. The molecule has 0 aliphatic rings. The monoisotopic (exact) mass is 247 g/mol. The molecule has 0 radical (unpaired) electrons. The van der Waals surface area contributed by atoms with Crippen molar-refractivity contribution in [3.8, 4) is 0 Å². The molecule has 1 aromatic rings. The maximum Gasteiger partial charge on any atom is 0.252 e. The molecular weight excluding hydrogens is 238 g/mol. The summed E-state index contributed by atoms with van der Waals surface area (Å²) in [5.41, 5.74) is 0.745. The predicted molar refractivity (Wildman–Crippen MR) is 59.7 cm³/mol. The third kappa shape index (κ3) is 3.53. The Hall–Kier alpha value is -1.07. The van der Waals surface area contributed by atoms with Crippen LogP contribution in [-0.2, 0) is 10.0 Å². The minimum atomic E-state index is -3.27. The van der Waals surface area contributed by atoms with Crippen LogP contribution in [0.3, 0.4) is 0 Å². The van der Waals surface area contributed by atoms with Crippen molar-refractivity contribution >= 4 is 32.6 Å². The van der Waals surface area contributed by atoms with Gasteiger partial charge in [-0.15, -0.1) is 0 Å². The lowest BCUT2D eigenvalue weighted by Crippen LogP contribution is -2.14. The SMILES string of the molecule is CCS(=O)(=O)Nc1ccc(C(=O)Cl)cc1. The largest absolute Gasteiger partial charge is 0.284 e. The Balaban J connectivity index is 2.86. The normalized spacial score (nSPS) is 11.1. The van der Waals surface area contributed by atoms with Crippen LogP contribution in [0.25, 0.3) is 0 Å². The Morgan fingerprint density at radius 3 is 2.27 bits per heavy atom. The lowest BCUT2D eigenvalue weighted by atomic mass is 10.2. The molecular formula is C9H10ClNO3S. The van der Waals surface area contributed by atoms with Gasteiger partial charge in [-0.05, 0) is 42.8 Å². The third-order valence-corrected chi connectivity index (χ3v) is 3.29. The fraction of sp³-hybridized carbons (Fsp3) is 0.222. The summed E-state index contributed by atoms with van der Waals surface area (Å²) in [5, 5.41) is -0.570. The Morgan fingerprint density at radius 2 is 1.87 bits per heavy atom. The third-order valence-electron chi connectivity index (χ3n) is 1.77. The number of nitrogens with one attached hydrogen (secondary N) is 1. The molecule has 15 heavy (non-hydrogen) atoms. The van der Waals surface area contributed by atoms with E-state index >= 15 is 0 Å². The fourth-order valence-corrected chi connectivity index (χ4v) is 1.69. The number of anilines is 1. The van der Waals surface area contributed by atoms with Gasteiger partial charge in [0.15, 0.2) is 0 Å². The maximum absolute atomic E-state index is 11.2. The van der Waals surface area contributed by atoms with E-state index in [4.69, 9.17) is 11.6 Å². The molecule has 0 amide bonds. The molecule has 0 aliphatic heterocycles. The van der Waals surface area contributed by atoms with E-state index in [0.29, 0.717) is 11.3 Å². The van der Waals surface area contributed by atoms with Gasteiger partial charge >= 0.3 is 0 Å². The molecule has 0 bridgehead atoms. The molecule has 0 saturated carbocycles. The summed E-state index contributed by atoms with van der Waals surface area (Å²) in [5.74, 6) is 0.00316. The standard InChI is InChI=1S/C9H10ClNO3S/c1-2-15(13,14)11-8-5-3-7(4-6-8)9(10)12/h3-6,11H,2H2,1H3. The summed E-state index contributed by atoms with van der Waals surface area (Å²) in [7, 11) is -3.27. The van der Waals surface area contributed by atoms with Crippen LogP contribution in [-0.4, -0.2) is 19.4 Å². The van der Waals surface area contributed by atoms with Crippen LogP contribution in [0, 0.1) is 0 Å². The number of rotatable bonds is 4. The topological polar surface area (TPSA) is 63.2 Å². The summed E-state index contributed by atoms with van der Waals surface area (Å²) >= 11 is 5.24. The first-order valence-corrected chi connectivity index (χ1v) is 6.28. The maximum atomic E-state index is 11.2. The van der Waals surface area contributed by atoms with Gasteiger partial charge in [0, 0.05) is 11.3 Å². The number of carbonyl (C=O) groups is 1. The first-order chi connectivity index (χ1) is 6.94. The number of hydrogen-bond donors (Lipinski definition) is 1. The molecule has 1 rings (SSSR count). The quantitative estimate of drug-likeness (QED) is 0.826. The highest BCUT2D eigenvalue weighted by Gasteiger charge is 2.07. The van der Waals surface area contributed by atoms with Crippen molar-refractivity contribution in [3.63, 3.8) is 0 Å². The van der Waals surface area contributed by atoms with Crippen molar-refractivity contribution in [2.45, 2.75) is 6.92 Å². The van der Waals surface area contributed by atoms with Crippen molar-refractivity contribution < 1.29 is 13.2 Å². The minimum absolute atomic E-state index is 0.00316. The zero-order valence-electron chi connectivity index (χ0n) is 8.03. The first-order valence-electron chi connectivity index (χ1n) is 4.25. The molecule has 0 unspecified atom stereocenters. The first kappa shape index (κ1) is 12.0. The molecule has 1 aromatic carbocycles. The summed E-state index contributed by atoms with van der Waals surface area (Å²) in [6.07, 6.45) is 0. The van der Waals surface area contributed by atoms with Gasteiger partial charge in [-0.1, -0.05) is 0 Å². The molecule has 0 saturated heterocycles. The second-order valence-electron chi connectivity index (χ2n) is 2.86. The lowest BCUT2D eigenvalue weighted by Gasteiger charge is -2.05. The van der Waals surface area contributed by atoms with Crippen molar-refractivity contribution in [2.75, 3.05) is 10.5 Å². The number of sulfonamides is 1. The molecule has 4 nitrogen and oxygen atoms in total. The van der Waals surface area contributed by atoms with Gasteiger partial charge in [-0.25, -0.2) is 8.42 Å². The Labute approximate surface area is 93.3 Å². The molecule has 6 heteroatoms.